The molecule has 3 rings (SSSR count). The average molecular weight is 405 g/mol. The first-order chi connectivity index (χ1) is 13.3. The third-order valence-electron chi connectivity index (χ3n) is 5.00. The third-order valence-corrected chi connectivity index (χ3v) is 5.00. The minimum atomic E-state index is 0. The molecular weight excluding hydrogens is 376 g/mol. The summed E-state index contributed by atoms with van der Waals surface area (Å²) in [6, 6.07) is 17.5. The molecule has 1 aliphatic carbocycles. The van der Waals surface area contributed by atoms with Crippen LogP contribution in [0.15, 0.2) is 54.6 Å². The Bertz CT molecular complexity index is 727. The summed E-state index contributed by atoms with van der Waals surface area (Å²) in [5.41, 5.74) is 7.62. The molecule has 0 aliphatic heterocycles. The number of anilines is 1. The van der Waals surface area contributed by atoms with Gasteiger partial charge in [0.25, 0.3) is 0 Å². The van der Waals surface area contributed by atoms with Crippen LogP contribution in [0.2, 0.25) is 0 Å². The van der Waals surface area contributed by atoms with Crippen LogP contribution in [-0.2, 0) is 16.1 Å². The number of carbonyl (C=O) groups excluding carboxylic acids is 1. The van der Waals surface area contributed by atoms with Gasteiger partial charge >= 0.3 is 0 Å². The standard InChI is InChI=1S/C22H28N2O3.ClH/c23-15-18-7-5-11-21(18)22(25)24-19-8-4-6-17(14-19)16-26-12-13-27-20-9-2-1-3-10-20;/h1-4,6,8-10,14,18,21H,5,7,11-13,15-16,23H2,(H,24,25);1H/t18-,21-;/m1./s1. The number of halogens is 1. The SMILES string of the molecule is Cl.NC[C@H]1CCC[C@H]1C(=O)Nc1cccc(COCCOc2ccccc2)c1. The van der Waals surface area contributed by atoms with Crippen molar-refractivity contribution < 1.29 is 14.3 Å². The molecule has 0 spiro atoms. The molecule has 3 N–H and O–H groups in total. The normalized spacial score (nSPS) is 18.3. The van der Waals surface area contributed by atoms with E-state index in [2.05, 4.69) is 5.32 Å². The van der Waals surface area contributed by atoms with Crippen molar-refractivity contribution in [3.05, 3.63) is 60.2 Å². The largest absolute Gasteiger partial charge is 0.491 e. The van der Waals surface area contributed by atoms with Gasteiger partial charge in [-0.25, -0.2) is 0 Å². The zero-order chi connectivity index (χ0) is 18.9. The second-order valence-electron chi connectivity index (χ2n) is 6.94. The summed E-state index contributed by atoms with van der Waals surface area (Å²) in [6.07, 6.45) is 3.06. The van der Waals surface area contributed by atoms with E-state index in [-0.39, 0.29) is 24.2 Å². The Morgan fingerprint density at radius 2 is 1.89 bits per heavy atom. The van der Waals surface area contributed by atoms with E-state index < -0.39 is 0 Å². The minimum Gasteiger partial charge on any atom is -0.491 e. The van der Waals surface area contributed by atoms with E-state index in [1.54, 1.807) is 0 Å². The number of benzene rings is 2. The smallest absolute Gasteiger partial charge is 0.227 e. The molecule has 1 amide bonds. The highest BCUT2D eigenvalue weighted by molar-refractivity contribution is 5.93. The lowest BCUT2D eigenvalue weighted by molar-refractivity contribution is -0.120. The molecule has 0 bridgehead atoms. The molecule has 6 heteroatoms. The van der Waals surface area contributed by atoms with Crippen molar-refractivity contribution in [3.63, 3.8) is 0 Å². The van der Waals surface area contributed by atoms with Crippen LogP contribution in [-0.4, -0.2) is 25.7 Å². The highest BCUT2D eigenvalue weighted by Gasteiger charge is 2.31. The number of hydrogen-bond acceptors (Lipinski definition) is 4. The Balaban J connectivity index is 0.00000280. The molecule has 2 aromatic rings. The number of rotatable bonds is 9. The molecule has 1 saturated carbocycles. The fourth-order valence-corrected chi connectivity index (χ4v) is 3.56. The molecule has 2 aromatic carbocycles. The van der Waals surface area contributed by atoms with Gasteiger partial charge in [0.15, 0.2) is 0 Å². The van der Waals surface area contributed by atoms with Crippen LogP contribution in [0.25, 0.3) is 0 Å². The molecule has 152 valence electrons. The first kappa shape index (κ1) is 22.2. The zero-order valence-corrected chi connectivity index (χ0v) is 16.8. The number of ether oxygens (including phenoxy) is 2. The first-order valence-electron chi connectivity index (χ1n) is 9.61. The molecule has 1 fully saturated rings. The quantitative estimate of drug-likeness (QED) is 0.619. The number of nitrogens with one attached hydrogen (secondary N) is 1. The molecule has 0 unspecified atom stereocenters. The second kappa shape index (κ2) is 11.7. The van der Waals surface area contributed by atoms with E-state index in [0.29, 0.717) is 32.3 Å². The molecule has 0 aromatic heterocycles. The van der Waals surface area contributed by atoms with Crippen LogP contribution >= 0.6 is 12.4 Å². The number of para-hydroxylation sites is 1. The second-order valence-corrected chi connectivity index (χ2v) is 6.94. The summed E-state index contributed by atoms with van der Waals surface area (Å²) < 4.78 is 11.3. The molecule has 0 heterocycles. The molecule has 28 heavy (non-hydrogen) atoms. The first-order valence-corrected chi connectivity index (χ1v) is 9.61. The van der Waals surface area contributed by atoms with Crippen LogP contribution < -0.4 is 15.8 Å². The predicted molar refractivity (Wildman–Crippen MR) is 114 cm³/mol. The molecule has 0 radical (unpaired) electrons. The van der Waals surface area contributed by atoms with Crippen LogP contribution in [0.1, 0.15) is 24.8 Å². The van der Waals surface area contributed by atoms with Crippen molar-refractivity contribution in [2.75, 3.05) is 25.1 Å². The predicted octanol–water partition coefficient (Wildman–Crippen LogP) is 4.02. The number of amides is 1. The fraction of sp³-hybridized carbons (Fsp3) is 0.409. The van der Waals surface area contributed by atoms with Gasteiger partial charge in [0.05, 0.1) is 13.2 Å². The lowest BCUT2D eigenvalue weighted by Crippen LogP contribution is -2.29. The van der Waals surface area contributed by atoms with Gasteiger partial charge in [0.1, 0.15) is 12.4 Å². The van der Waals surface area contributed by atoms with Crippen molar-refractivity contribution in [2.45, 2.75) is 25.9 Å². The average Bonchev–Trinajstić information content (AvgIpc) is 3.18. The van der Waals surface area contributed by atoms with Crippen molar-refractivity contribution in [1.82, 2.24) is 0 Å². The number of hydrogen-bond donors (Lipinski definition) is 2. The van der Waals surface area contributed by atoms with Crippen LogP contribution in [0, 0.1) is 11.8 Å². The van der Waals surface area contributed by atoms with Gasteiger partial charge in [-0.15, -0.1) is 12.4 Å². The monoisotopic (exact) mass is 404 g/mol. The molecule has 5 nitrogen and oxygen atoms in total. The van der Waals surface area contributed by atoms with Crippen LogP contribution in [0.5, 0.6) is 5.75 Å². The summed E-state index contributed by atoms with van der Waals surface area (Å²) in [7, 11) is 0. The van der Waals surface area contributed by atoms with Gasteiger partial charge in [-0.1, -0.05) is 36.8 Å². The van der Waals surface area contributed by atoms with E-state index in [1.165, 1.54) is 0 Å². The van der Waals surface area contributed by atoms with Crippen LogP contribution in [0.3, 0.4) is 0 Å². The fourth-order valence-electron chi connectivity index (χ4n) is 3.56. The summed E-state index contributed by atoms with van der Waals surface area (Å²) in [5.74, 6) is 1.26. The van der Waals surface area contributed by atoms with Crippen molar-refractivity contribution in [1.29, 1.82) is 0 Å². The van der Waals surface area contributed by atoms with Gasteiger partial charge in [-0.3, -0.25) is 4.79 Å². The third kappa shape index (κ3) is 6.51. The summed E-state index contributed by atoms with van der Waals surface area (Å²) in [5, 5.41) is 3.04. The minimum absolute atomic E-state index is 0. The number of carbonyl (C=O) groups is 1. The summed E-state index contributed by atoms with van der Waals surface area (Å²) >= 11 is 0. The van der Waals surface area contributed by atoms with Crippen molar-refractivity contribution in [3.8, 4) is 5.75 Å². The lowest BCUT2D eigenvalue weighted by atomic mass is 9.95. The van der Waals surface area contributed by atoms with E-state index in [9.17, 15) is 4.79 Å². The Hall–Kier alpha value is -2.08. The number of nitrogens with two attached hydrogens (primary N) is 1. The van der Waals surface area contributed by atoms with Gasteiger partial charge in [-0.05, 0) is 55.1 Å². The highest BCUT2D eigenvalue weighted by Crippen LogP contribution is 2.31. The van der Waals surface area contributed by atoms with Gasteiger partial charge in [0.2, 0.25) is 5.91 Å². The molecule has 2 atom stereocenters. The Kier molecular flexibility index (Phi) is 9.28. The Labute approximate surface area is 173 Å². The Morgan fingerprint density at radius 1 is 1.07 bits per heavy atom. The van der Waals surface area contributed by atoms with E-state index in [1.807, 2.05) is 54.6 Å². The van der Waals surface area contributed by atoms with E-state index in [4.69, 9.17) is 15.2 Å². The van der Waals surface area contributed by atoms with E-state index >= 15 is 0 Å². The van der Waals surface area contributed by atoms with Crippen molar-refractivity contribution in [2.24, 2.45) is 17.6 Å². The maximum absolute atomic E-state index is 12.5. The molecule has 1 aliphatic rings. The molecular formula is C22H29ClN2O3. The topological polar surface area (TPSA) is 73.6 Å². The highest BCUT2D eigenvalue weighted by atomic mass is 35.5. The van der Waals surface area contributed by atoms with Gasteiger partial charge in [-0.2, -0.15) is 0 Å². The maximum atomic E-state index is 12.5. The molecule has 0 saturated heterocycles. The summed E-state index contributed by atoms with van der Waals surface area (Å²) in [4.78, 5) is 12.5. The Morgan fingerprint density at radius 3 is 2.68 bits per heavy atom. The summed E-state index contributed by atoms with van der Waals surface area (Å²) in [6.45, 7) is 2.07. The zero-order valence-electron chi connectivity index (χ0n) is 16.0. The van der Waals surface area contributed by atoms with E-state index in [0.717, 1.165) is 36.3 Å². The van der Waals surface area contributed by atoms with Gasteiger partial charge < -0.3 is 20.5 Å². The van der Waals surface area contributed by atoms with Gasteiger partial charge in [0, 0.05) is 11.6 Å². The van der Waals surface area contributed by atoms with Crippen LogP contribution in [0.4, 0.5) is 5.69 Å². The maximum Gasteiger partial charge on any atom is 0.227 e. The lowest BCUT2D eigenvalue weighted by Gasteiger charge is -2.17. The van der Waals surface area contributed by atoms with Crippen molar-refractivity contribution >= 4 is 24.0 Å².